The zero-order valence-corrected chi connectivity index (χ0v) is 9.63. The highest BCUT2D eigenvalue weighted by Crippen LogP contribution is 2.24. The molecule has 3 heteroatoms. The third-order valence-corrected chi connectivity index (χ3v) is 3.23. The second kappa shape index (κ2) is 4.97. The van der Waals surface area contributed by atoms with Gasteiger partial charge in [-0.15, -0.1) is 0 Å². The van der Waals surface area contributed by atoms with Gasteiger partial charge in [0.1, 0.15) is 0 Å². The van der Waals surface area contributed by atoms with Crippen LogP contribution in [-0.2, 0) is 4.74 Å². The molecule has 1 aromatic carbocycles. The average molecular weight is 226 g/mol. The molecule has 2 rings (SSSR count). The fourth-order valence-electron chi connectivity index (χ4n) is 2.01. The number of benzene rings is 1. The molecule has 0 bridgehead atoms. The van der Waals surface area contributed by atoms with E-state index in [1.54, 1.807) is 7.11 Å². The number of hydrogen-bond acceptors (Lipinski definition) is 2. The van der Waals surface area contributed by atoms with Gasteiger partial charge in [0.25, 0.3) is 0 Å². The van der Waals surface area contributed by atoms with Gasteiger partial charge in [0.2, 0.25) is 0 Å². The highest BCUT2D eigenvalue weighted by molar-refractivity contribution is 6.30. The van der Waals surface area contributed by atoms with Gasteiger partial charge in [-0.1, -0.05) is 23.7 Å². The van der Waals surface area contributed by atoms with Crippen molar-refractivity contribution in [3.05, 3.63) is 34.9 Å². The van der Waals surface area contributed by atoms with Crippen LogP contribution >= 0.6 is 11.6 Å². The summed E-state index contributed by atoms with van der Waals surface area (Å²) in [4.78, 5) is 0. The van der Waals surface area contributed by atoms with Crippen molar-refractivity contribution < 1.29 is 4.74 Å². The Kier molecular flexibility index (Phi) is 3.62. The van der Waals surface area contributed by atoms with E-state index in [4.69, 9.17) is 16.3 Å². The van der Waals surface area contributed by atoms with Crippen molar-refractivity contribution in [2.24, 2.45) is 0 Å². The fourth-order valence-corrected chi connectivity index (χ4v) is 2.14. The van der Waals surface area contributed by atoms with Crippen LogP contribution in [0.3, 0.4) is 0 Å². The van der Waals surface area contributed by atoms with Crippen molar-refractivity contribution >= 4 is 11.6 Å². The molecule has 0 amide bonds. The van der Waals surface area contributed by atoms with Crippen LogP contribution in [0.1, 0.15) is 24.4 Å². The van der Waals surface area contributed by atoms with Gasteiger partial charge in [-0.2, -0.15) is 0 Å². The standard InChI is InChI=1S/C12H16ClNO/c1-15-11-6-7-12(14-8-11)9-2-4-10(13)5-3-9/h2-5,11-12,14H,6-8H2,1H3. The van der Waals surface area contributed by atoms with Crippen LogP contribution < -0.4 is 5.32 Å². The molecule has 0 saturated carbocycles. The van der Waals surface area contributed by atoms with Crippen molar-refractivity contribution in [2.45, 2.75) is 25.0 Å². The first-order valence-corrected chi connectivity index (χ1v) is 5.69. The zero-order chi connectivity index (χ0) is 10.7. The number of ether oxygens (including phenoxy) is 1. The summed E-state index contributed by atoms with van der Waals surface area (Å²) < 4.78 is 5.31. The van der Waals surface area contributed by atoms with E-state index in [-0.39, 0.29) is 0 Å². The highest BCUT2D eigenvalue weighted by atomic mass is 35.5. The van der Waals surface area contributed by atoms with Gasteiger partial charge < -0.3 is 10.1 Å². The topological polar surface area (TPSA) is 21.3 Å². The molecule has 1 aromatic rings. The van der Waals surface area contributed by atoms with Gasteiger partial charge >= 0.3 is 0 Å². The van der Waals surface area contributed by atoms with Gasteiger partial charge in [-0.25, -0.2) is 0 Å². The minimum Gasteiger partial charge on any atom is -0.380 e. The molecule has 0 radical (unpaired) electrons. The van der Waals surface area contributed by atoms with Gasteiger partial charge in [-0.05, 0) is 30.5 Å². The quantitative estimate of drug-likeness (QED) is 0.836. The lowest BCUT2D eigenvalue weighted by Gasteiger charge is -2.29. The highest BCUT2D eigenvalue weighted by Gasteiger charge is 2.20. The SMILES string of the molecule is COC1CCC(c2ccc(Cl)cc2)NC1. The summed E-state index contributed by atoms with van der Waals surface area (Å²) in [5.41, 5.74) is 1.31. The van der Waals surface area contributed by atoms with Crippen molar-refractivity contribution in [1.29, 1.82) is 0 Å². The lowest BCUT2D eigenvalue weighted by atomic mass is 9.96. The molecule has 0 aliphatic carbocycles. The summed E-state index contributed by atoms with van der Waals surface area (Å²) in [5, 5.41) is 4.28. The summed E-state index contributed by atoms with van der Waals surface area (Å²) in [7, 11) is 1.77. The lowest BCUT2D eigenvalue weighted by molar-refractivity contribution is 0.0705. The second-order valence-electron chi connectivity index (χ2n) is 3.95. The van der Waals surface area contributed by atoms with Crippen LogP contribution in [0.5, 0.6) is 0 Å². The molecule has 2 nitrogen and oxygen atoms in total. The third-order valence-electron chi connectivity index (χ3n) is 2.97. The first kappa shape index (κ1) is 10.9. The Labute approximate surface area is 95.6 Å². The van der Waals surface area contributed by atoms with Crippen LogP contribution in [0.25, 0.3) is 0 Å². The molecule has 0 spiro atoms. The molecule has 82 valence electrons. The molecule has 1 heterocycles. The maximum absolute atomic E-state index is 5.86. The predicted octanol–water partition coefficient (Wildman–Crippen LogP) is 2.78. The van der Waals surface area contributed by atoms with Gasteiger partial charge in [0.15, 0.2) is 0 Å². The summed E-state index contributed by atoms with van der Waals surface area (Å²) >= 11 is 5.86. The van der Waals surface area contributed by atoms with E-state index < -0.39 is 0 Å². The molecular weight excluding hydrogens is 210 g/mol. The van der Waals surface area contributed by atoms with Gasteiger partial charge in [-0.3, -0.25) is 0 Å². The summed E-state index contributed by atoms with van der Waals surface area (Å²) in [6.07, 6.45) is 2.62. The number of halogens is 1. The van der Waals surface area contributed by atoms with Crippen LogP contribution in [0.2, 0.25) is 5.02 Å². The molecular formula is C12H16ClNO. The van der Waals surface area contributed by atoms with Gasteiger partial charge in [0.05, 0.1) is 6.10 Å². The van der Waals surface area contributed by atoms with Crippen LogP contribution in [0.15, 0.2) is 24.3 Å². The number of methoxy groups -OCH3 is 1. The summed E-state index contributed by atoms with van der Waals surface area (Å²) in [6, 6.07) is 8.52. The third kappa shape index (κ3) is 2.71. The molecule has 1 fully saturated rings. The Morgan fingerprint density at radius 3 is 2.53 bits per heavy atom. The number of piperidine rings is 1. The Hall–Kier alpha value is -0.570. The Balaban J connectivity index is 1.98. The average Bonchev–Trinajstić information content (AvgIpc) is 2.30. The van der Waals surface area contributed by atoms with Gasteiger partial charge in [0, 0.05) is 24.7 Å². The summed E-state index contributed by atoms with van der Waals surface area (Å²) in [6.45, 7) is 0.934. The fraction of sp³-hybridized carbons (Fsp3) is 0.500. The molecule has 1 aliphatic rings. The maximum atomic E-state index is 5.86. The molecule has 15 heavy (non-hydrogen) atoms. The largest absolute Gasteiger partial charge is 0.380 e. The van der Waals surface area contributed by atoms with E-state index in [1.807, 2.05) is 12.1 Å². The van der Waals surface area contributed by atoms with Crippen molar-refractivity contribution in [3.63, 3.8) is 0 Å². The van der Waals surface area contributed by atoms with Crippen molar-refractivity contribution in [2.75, 3.05) is 13.7 Å². The van der Waals surface area contributed by atoms with E-state index in [0.717, 1.165) is 24.4 Å². The van der Waals surface area contributed by atoms with Crippen LogP contribution in [0.4, 0.5) is 0 Å². The number of nitrogens with one attached hydrogen (secondary N) is 1. The number of hydrogen-bond donors (Lipinski definition) is 1. The Morgan fingerprint density at radius 1 is 1.27 bits per heavy atom. The number of rotatable bonds is 2. The van der Waals surface area contributed by atoms with E-state index in [0.29, 0.717) is 12.1 Å². The lowest BCUT2D eigenvalue weighted by Crippen LogP contribution is -2.37. The van der Waals surface area contributed by atoms with E-state index >= 15 is 0 Å². The molecule has 1 saturated heterocycles. The first-order chi connectivity index (χ1) is 7.29. The molecule has 1 aliphatic heterocycles. The van der Waals surface area contributed by atoms with E-state index in [1.165, 1.54) is 5.56 Å². The van der Waals surface area contributed by atoms with E-state index in [2.05, 4.69) is 17.4 Å². The summed E-state index contributed by atoms with van der Waals surface area (Å²) in [5.74, 6) is 0. The predicted molar refractivity (Wildman–Crippen MR) is 62.2 cm³/mol. The van der Waals surface area contributed by atoms with E-state index in [9.17, 15) is 0 Å². The minimum atomic E-state index is 0.369. The first-order valence-electron chi connectivity index (χ1n) is 5.31. The Bertz CT molecular complexity index is 304. The normalized spacial score (nSPS) is 26.5. The second-order valence-corrected chi connectivity index (χ2v) is 4.38. The smallest absolute Gasteiger partial charge is 0.0696 e. The Morgan fingerprint density at radius 2 is 2.00 bits per heavy atom. The van der Waals surface area contributed by atoms with Crippen molar-refractivity contribution in [3.8, 4) is 0 Å². The zero-order valence-electron chi connectivity index (χ0n) is 8.87. The molecule has 2 atom stereocenters. The molecule has 1 N–H and O–H groups in total. The monoisotopic (exact) mass is 225 g/mol. The minimum absolute atomic E-state index is 0.369. The molecule has 0 aromatic heterocycles. The van der Waals surface area contributed by atoms with Crippen LogP contribution in [0, 0.1) is 0 Å². The maximum Gasteiger partial charge on any atom is 0.0696 e. The molecule has 2 unspecified atom stereocenters. The van der Waals surface area contributed by atoms with Crippen molar-refractivity contribution in [1.82, 2.24) is 5.32 Å². The van der Waals surface area contributed by atoms with Crippen LogP contribution in [-0.4, -0.2) is 19.8 Å².